The first kappa shape index (κ1) is 20.5. The van der Waals surface area contributed by atoms with Gasteiger partial charge in [-0.2, -0.15) is 0 Å². The molecule has 5 heteroatoms. The Hall–Kier alpha value is -2.79. The van der Waals surface area contributed by atoms with Crippen LogP contribution in [0.25, 0.3) is 22.2 Å². The molecule has 1 atom stereocenters. The standard InChI is InChI=1S/C25H30N4O/c1-18-8-7-13-29(16-18)25(2,3)17-27-24(30)21-14-23(19-9-6-12-26-15-19)28-22-11-5-4-10-20(21)22/h4-6,9-12,14-15,18H,7-8,13,16-17H2,1-3H3,(H,27,30). The van der Waals surface area contributed by atoms with E-state index < -0.39 is 0 Å². The van der Waals surface area contributed by atoms with Gasteiger partial charge in [0.25, 0.3) is 5.91 Å². The Morgan fingerprint density at radius 3 is 2.83 bits per heavy atom. The fraction of sp³-hybridized carbons (Fsp3) is 0.400. The summed E-state index contributed by atoms with van der Waals surface area (Å²) in [4.78, 5) is 24.7. The minimum Gasteiger partial charge on any atom is -0.350 e. The fourth-order valence-electron chi connectivity index (χ4n) is 4.27. The molecule has 1 fully saturated rings. The molecule has 0 spiro atoms. The van der Waals surface area contributed by atoms with Crippen molar-refractivity contribution in [1.29, 1.82) is 0 Å². The summed E-state index contributed by atoms with van der Waals surface area (Å²) in [6.45, 7) is 9.54. The average Bonchev–Trinajstić information content (AvgIpc) is 2.77. The Balaban J connectivity index is 1.59. The number of carbonyl (C=O) groups excluding carboxylic acids is 1. The van der Waals surface area contributed by atoms with Crippen LogP contribution in [-0.4, -0.2) is 45.9 Å². The second-order valence-electron chi connectivity index (χ2n) is 9.00. The Morgan fingerprint density at radius 1 is 1.23 bits per heavy atom. The molecule has 1 aromatic carbocycles. The Labute approximate surface area is 178 Å². The molecule has 156 valence electrons. The predicted octanol–water partition coefficient (Wildman–Crippen LogP) is 4.54. The number of piperidine rings is 1. The van der Waals surface area contributed by atoms with Gasteiger partial charge < -0.3 is 5.32 Å². The van der Waals surface area contributed by atoms with Gasteiger partial charge in [0.15, 0.2) is 0 Å². The summed E-state index contributed by atoms with van der Waals surface area (Å²) in [5.74, 6) is 0.650. The normalized spacial score (nSPS) is 17.8. The number of fused-ring (bicyclic) bond motifs is 1. The van der Waals surface area contributed by atoms with E-state index in [-0.39, 0.29) is 11.4 Å². The number of amides is 1. The zero-order valence-electron chi connectivity index (χ0n) is 18.1. The molecule has 30 heavy (non-hydrogen) atoms. The van der Waals surface area contributed by atoms with E-state index >= 15 is 0 Å². The molecule has 1 amide bonds. The van der Waals surface area contributed by atoms with Gasteiger partial charge in [0, 0.05) is 42.0 Å². The molecule has 5 nitrogen and oxygen atoms in total. The molecule has 1 aliphatic heterocycles. The van der Waals surface area contributed by atoms with Gasteiger partial charge in [-0.1, -0.05) is 25.1 Å². The predicted molar refractivity (Wildman–Crippen MR) is 121 cm³/mol. The van der Waals surface area contributed by atoms with Crippen LogP contribution in [0, 0.1) is 5.92 Å². The quantitative estimate of drug-likeness (QED) is 0.681. The lowest BCUT2D eigenvalue weighted by atomic mass is 9.93. The minimum atomic E-state index is -0.0840. The number of aromatic nitrogens is 2. The van der Waals surface area contributed by atoms with Crippen molar-refractivity contribution < 1.29 is 4.79 Å². The first-order chi connectivity index (χ1) is 14.4. The molecule has 0 bridgehead atoms. The molecule has 0 radical (unpaired) electrons. The number of benzene rings is 1. The van der Waals surface area contributed by atoms with Crippen molar-refractivity contribution in [1.82, 2.24) is 20.2 Å². The van der Waals surface area contributed by atoms with Crippen molar-refractivity contribution in [3.63, 3.8) is 0 Å². The smallest absolute Gasteiger partial charge is 0.252 e. The van der Waals surface area contributed by atoms with Gasteiger partial charge in [-0.3, -0.25) is 14.7 Å². The van der Waals surface area contributed by atoms with Gasteiger partial charge in [-0.15, -0.1) is 0 Å². The molecular weight excluding hydrogens is 372 g/mol. The molecule has 3 heterocycles. The second kappa shape index (κ2) is 8.52. The lowest BCUT2D eigenvalue weighted by molar-refractivity contribution is 0.0658. The molecule has 3 aromatic rings. The SMILES string of the molecule is CC1CCCN(C(C)(C)CNC(=O)c2cc(-c3cccnc3)nc3ccccc23)C1. The molecule has 0 saturated carbocycles. The molecule has 1 N–H and O–H groups in total. The van der Waals surface area contributed by atoms with Crippen LogP contribution in [0.2, 0.25) is 0 Å². The number of hydrogen-bond acceptors (Lipinski definition) is 4. The van der Waals surface area contributed by atoms with Crippen LogP contribution in [0.3, 0.4) is 0 Å². The highest BCUT2D eigenvalue weighted by Crippen LogP contribution is 2.26. The number of para-hydroxylation sites is 1. The minimum absolute atomic E-state index is 0.0585. The van der Waals surface area contributed by atoms with E-state index in [1.54, 1.807) is 12.4 Å². The van der Waals surface area contributed by atoms with Crippen molar-refractivity contribution in [2.45, 2.75) is 39.2 Å². The summed E-state index contributed by atoms with van der Waals surface area (Å²) in [7, 11) is 0. The highest BCUT2D eigenvalue weighted by Gasteiger charge is 2.30. The Bertz CT molecular complexity index is 1030. The maximum absolute atomic E-state index is 13.3. The number of pyridine rings is 2. The fourth-order valence-corrected chi connectivity index (χ4v) is 4.27. The van der Waals surface area contributed by atoms with Crippen molar-refractivity contribution in [3.05, 3.63) is 60.4 Å². The summed E-state index contributed by atoms with van der Waals surface area (Å²) in [6.07, 6.45) is 6.03. The van der Waals surface area contributed by atoms with Crippen LogP contribution in [0.5, 0.6) is 0 Å². The van der Waals surface area contributed by atoms with E-state index in [2.05, 4.69) is 36.0 Å². The molecule has 1 saturated heterocycles. The first-order valence-corrected chi connectivity index (χ1v) is 10.8. The monoisotopic (exact) mass is 402 g/mol. The van der Waals surface area contributed by atoms with Crippen molar-refractivity contribution in [2.75, 3.05) is 19.6 Å². The van der Waals surface area contributed by atoms with Crippen molar-refractivity contribution in [2.24, 2.45) is 5.92 Å². The van der Waals surface area contributed by atoms with Crippen molar-refractivity contribution in [3.8, 4) is 11.3 Å². The van der Waals surface area contributed by atoms with Gasteiger partial charge in [0.2, 0.25) is 0 Å². The third-order valence-electron chi connectivity index (χ3n) is 6.11. The van der Waals surface area contributed by atoms with Crippen LogP contribution in [0.1, 0.15) is 44.0 Å². The molecule has 2 aromatic heterocycles. The van der Waals surface area contributed by atoms with Gasteiger partial charge >= 0.3 is 0 Å². The third-order valence-corrected chi connectivity index (χ3v) is 6.11. The van der Waals surface area contributed by atoms with E-state index in [1.807, 2.05) is 42.5 Å². The van der Waals surface area contributed by atoms with E-state index in [4.69, 9.17) is 4.98 Å². The Kier molecular flexibility index (Phi) is 5.82. The lowest BCUT2D eigenvalue weighted by Crippen LogP contribution is -2.54. The maximum atomic E-state index is 13.3. The molecule has 4 rings (SSSR count). The van der Waals surface area contributed by atoms with Gasteiger partial charge in [0.1, 0.15) is 0 Å². The van der Waals surface area contributed by atoms with Crippen LogP contribution in [0.4, 0.5) is 0 Å². The van der Waals surface area contributed by atoms with Crippen molar-refractivity contribution >= 4 is 16.8 Å². The van der Waals surface area contributed by atoms with Crippen LogP contribution in [0.15, 0.2) is 54.9 Å². The van der Waals surface area contributed by atoms with Gasteiger partial charge in [-0.05, 0) is 63.4 Å². The topological polar surface area (TPSA) is 58.1 Å². The molecule has 1 unspecified atom stereocenters. The van der Waals surface area contributed by atoms with Crippen LogP contribution >= 0.6 is 0 Å². The first-order valence-electron chi connectivity index (χ1n) is 10.8. The number of likely N-dealkylation sites (tertiary alicyclic amines) is 1. The van der Waals surface area contributed by atoms with Gasteiger partial charge in [-0.25, -0.2) is 4.98 Å². The number of nitrogens with one attached hydrogen (secondary N) is 1. The van der Waals surface area contributed by atoms with E-state index in [1.165, 1.54) is 12.8 Å². The second-order valence-corrected chi connectivity index (χ2v) is 9.00. The highest BCUT2D eigenvalue weighted by molar-refractivity contribution is 6.07. The number of hydrogen-bond donors (Lipinski definition) is 1. The zero-order valence-corrected chi connectivity index (χ0v) is 18.1. The maximum Gasteiger partial charge on any atom is 0.252 e. The molecule has 1 aliphatic rings. The summed E-state index contributed by atoms with van der Waals surface area (Å²) < 4.78 is 0. The third kappa shape index (κ3) is 4.36. The van der Waals surface area contributed by atoms with E-state index in [0.29, 0.717) is 18.0 Å². The number of rotatable bonds is 5. The molecule has 0 aliphatic carbocycles. The lowest BCUT2D eigenvalue weighted by Gasteiger charge is -2.43. The average molecular weight is 403 g/mol. The summed E-state index contributed by atoms with van der Waals surface area (Å²) in [5.41, 5.74) is 3.05. The summed E-state index contributed by atoms with van der Waals surface area (Å²) in [6, 6.07) is 13.5. The van der Waals surface area contributed by atoms with E-state index in [9.17, 15) is 4.79 Å². The number of nitrogens with zero attached hydrogens (tertiary/aromatic N) is 3. The van der Waals surface area contributed by atoms with E-state index in [0.717, 1.165) is 35.2 Å². The summed E-state index contributed by atoms with van der Waals surface area (Å²) >= 11 is 0. The largest absolute Gasteiger partial charge is 0.350 e. The Morgan fingerprint density at radius 2 is 2.07 bits per heavy atom. The molecular formula is C25H30N4O. The zero-order chi connectivity index (χ0) is 21.1. The highest BCUT2D eigenvalue weighted by atomic mass is 16.1. The summed E-state index contributed by atoms with van der Waals surface area (Å²) in [5, 5.41) is 4.07. The number of carbonyl (C=O) groups is 1. The van der Waals surface area contributed by atoms with Gasteiger partial charge in [0.05, 0.1) is 16.8 Å². The van der Waals surface area contributed by atoms with Crippen LogP contribution < -0.4 is 5.32 Å². The van der Waals surface area contributed by atoms with Crippen LogP contribution in [-0.2, 0) is 0 Å².